The minimum absolute atomic E-state index is 0.211. The van der Waals surface area contributed by atoms with Crippen molar-refractivity contribution >= 4 is 40.8 Å². The summed E-state index contributed by atoms with van der Waals surface area (Å²) in [7, 11) is -1.68. The molecule has 0 radical (unpaired) electrons. The molecule has 0 saturated carbocycles. The van der Waals surface area contributed by atoms with E-state index in [4.69, 9.17) is 4.74 Å². The largest absolute Gasteiger partial charge is 0.488 e. The van der Waals surface area contributed by atoms with Gasteiger partial charge in [-0.25, -0.2) is 4.79 Å². The Hall–Kier alpha value is -2.20. The minimum Gasteiger partial charge on any atom is -0.456 e. The van der Waals surface area contributed by atoms with Crippen molar-refractivity contribution in [3.63, 3.8) is 0 Å². The molecule has 0 unspecified atom stereocenters. The Morgan fingerprint density at radius 2 is 1.84 bits per heavy atom. The normalized spacial score (nSPS) is 16.8. The lowest BCUT2D eigenvalue weighted by atomic mass is 9.79. The Morgan fingerprint density at radius 3 is 2.44 bits per heavy atom. The van der Waals surface area contributed by atoms with Crippen molar-refractivity contribution in [1.82, 2.24) is 5.32 Å². The van der Waals surface area contributed by atoms with E-state index in [-0.39, 0.29) is 16.6 Å². The van der Waals surface area contributed by atoms with Gasteiger partial charge < -0.3 is 25.4 Å². The second-order valence-electron chi connectivity index (χ2n) is 10.4. The third-order valence-electron chi connectivity index (χ3n) is 5.12. The zero-order valence-corrected chi connectivity index (χ0v) is 20.4. The number of anilines is 1. The molecule has 0 saturated heterocycles. The molecule has 1 aliphatic heterocycles. The first-order valence-electron chi connectivity index (χ1n) is 10.6. The Balaban J connectivity index is 2.07. The summed E-state index contributed by atoms with van der Waals surface area (Å²) < 4.78 is 5.69. The molecule has 2 heterocycles. The number of hydrogen-bond donors (Lipinski definition) is 4. The van der Waals surface area contributed by atoms with E-state index in [0.717, 1.165) is 10.4 Å². The number of rotatable bonds is 4. The van der Waals surface area contributed by atoms with Crippen LogP contribution in [0.15, 0.2) is 24.3 Å². The fourth-order valence-electron chi connectivity index (χ4n) is 4.18. The molecule has 1 aromatic carbocycles. The zero-order chi connectivity index (χ0) is 24.1. The molecule has 4 N–H and O–H groups in total. The Labute approximate surface area is 193 Å². The first-order chi connectivity index (χ1) is 14.6. The van der Waals surface area contributed by atoms with Crippen molar-refractivity contribution in [1.29, 1.82) is 0 Å². The van der Waals surface area contributed by atoms with Gasteiger partial charge in [-0.1, -0.05) is 12.1 Å². The number of hydrogen-bond acceptors (Lipinski definition) is 7. The highest BCUT2D eigenvalue weighted by Crippen LogP contribution is 2.45. The molecule has 0 atom stereocenters. The smallest absolute Gasteiger partial charge is 0.456 e. The Kier molecular flexibility index (Phi) is 6.34. The number of ether oxygens (including phenoxy) is 1. The molecule has 3 rings (SSSR count). The summed E-state index contributed by atoms with van der Waals surface area (Å²) >= 11 is 1.36. The van der Waals surface area contributed by atoms with Crippen LogP contribution < -0.4 is 16.1 Å². The summed E-state index contributed by atoms with van der Waals surface area (Å²) in [6, 6.07) is 6.09. The maximum absolute atomic E-state index is 13.2. The third-order valence-corrected chi connectivity index (χ3v) is 6.59. The van der Waals surface area contributed by atoms with E-state index in [9.17, 15) is 19.6 Å². The summed E-state index contributed by atoms with van der Waals surface area (Å²) in [5.41, 5.74) is 0.403. The highest BCUT2D eigenvalue weighted by Gasteiger charge is 2.42. The molecule has 7 nitrogen and oxygen atoms in total. The highest BCUT2D eigenvalue weighted by atomic mass is 32.1. The van der Waals surface area contributed by atoms with Crippen LogP contribution in [-0.4, -0.2) is 40.2 Å². The molecule has 9 heteroatoms. The fraction of sp³-hybridized carbons (Fsp3) is 0.478. The van der Waals surface area contributed by atoms with Gasteiger partial charge in [0.25, 0.3) is 5.91 Å². The predicted molar refractivity (Wildman–Crippen MR) is 128 cm³/mol. The molecule has 0 bridgehead atoms. The summed E-state index contributed by atoms with van der Waals surface area (Å²) in [6.45, 7) is 13.7. The maximum atomic E-state index is 13.2. The van der Waals surface area contributed by atoms with Crippen LogP contribution in [0.4, 0.5) is 5.00 Å². The lowest BCUT2D eigenvalue weighted by Crippen LogP contribution is -2.55. The van der Waals surface area contributed by atoms with Crippen molar-refractivity contribution in [3.05, 3.63) is 45.8 Å². The van der Waals surface area contributed by atoms with Crippen molar-refractivity contribution in [2.45, 2.75) is 71.6 Å². The number of benzene rings is 1. The predicted octanol–water partition coefficient (Wildman–Crippen LogP) is 2.79. The number of esters is 1. The summed E-state index contributed by atoms with van der Waals surface area (Å²) in [4.78, 5) is 27.2. The van der Waals surface area contributed by atoms with Gasteiger partial charge in [0.2, 0.25) is 0 Å². The first-order valence-corrected chi connectivity index (χ1v) is 11.4. The Bertz CT molecular complexity index is 1050. The van der Waals surface area contributed by atoms with Crippen molar-refractivity contribution < 1.29 is 24.4 Å². The lowest BCUT2D eigenvalue weighted by Gasteiger charge is -2.42. The van der Waals surface area contributed by atoms with Crippen LogP contribution in [0.5, 0.6) is 0 Å². The molecule has 1 aromatic heterocycles. The number of carbonyl (C=O) groups is 2. The van der Waals surface area contributed by atoms with Gasteiger partial charge in [-0.05, 0) is 78.0 Å². The van der Waals surface area contributed by atoms with Gasteiger partial charge in [-0.15, -0.1) is 11.3 Å². The quantitative estimate of drug-likeness (QED) is 0.415. The number of amides is 1. The molecular formula is C23H31BN2O5S. The average Bonchev–Trinajstić information content (AvgIpc) is 2.97. The third kappa shape index (κ3) is 5.23. The topological polar surface area (TPSA) is 108 Å². The number of thiophene rings is 1. The summed E-state index contributed by atoms with van der Waals surface area (Å²) in [5, 5.41) is 25.7. The van der Waals surface area contributed by atoms with Gasteiger partial charge in [-0.2, -0.15) is 0 Å². The van der Waals surface area contributed by atoms with Gasteiger partial charge in [-0.3, -0.25) is 4.79 Å². The van der Waals surface area contributed by atoms with Gasteiger partial charge in [0.05, 0.1) is 5.56 Å². The SMILES string of the molecule is CC1(C)Cc2c(sc(NC(=O)c3cccc(B(O)O)c3)c2C(=O)OC(C)(C)C)C(C)(C)N1. The molecule has 0 spiro atoms. The van der Waals surface area contributed by atoms with Crippen LogP contribution >= 0.6 is 11.3 Å². The molecule has 32 heavy (non-hydrogen) atoms. The van der Waals surface area contributed by atoms with Crippen LogP contribution in [0.25, 0.3) is 0 Å². The van der Waals surface area contributed by atoms with Crippen molar-refractivity contribution in [2.75, 3.05) is 5.32 Å². The van der Waals surface area contributed by atoms with Gasteiger partial charge in [0, 0.05) is 21.5 Å². The number of carbonyl (C=O) groups excluding carboxylic acids is 2. The second-order valence-corrected chi connectivity index (χ2v) is 11.4. The van der Waals surface area contributed by atoms with Gasteiger partial charge in [0.1, 0.15) is 10.6 Å². The standard InChI is InChI=1S/C23H31BN2O5S/c1-21(2,3)31-20(28)16-15-12-22(4,5)26-23(6,7)17(15)32-19(16)25-18(27)13-9-8-10-14(11-13)24(29)30/h8-11,26,29-30H,12H2,1-7H3,(H,25,27). The van der Waals surface area contributed by atoms with Crippen LogP contribution in [0.1, 0.15) is 79.6 Å². The van der Waals surface area contributed by atoms with E-state index in [1.54, 1.807) is 12.1 Å². The second kappa shape index (κ2) is 8.30. The van der Waals surface area contributed by atoms with E-state index in [0.29, 0.717) is 17.0 Å². The molecule has 0 aliphatic carbocycles. The average molecular weight is 458 g/mol. The maximum Gasteiger partial charge on any atom is 0.488 e. The monoisotopic (exact) mass is 458 g/mol. The van der Waals surface area contributed by atoms with Gasteiger partial charge >= 0.3 is 13.1 Å². The van der Waals surface area contributed by atoms with E-state index in [1.807, 2.05) is 20.8 Å². The molecule has 1 amide bonds. The molecule has 1 aliphatic rings. The molecule has 2 aromatic rings. The van der Waals surface area contributed by atoms with Crippen LogP contribution in [0.3, 0.4) is 0 Å². The van der Waals surface area contributed by atoms with Crippen LogP contribution in [0.2, 0.25) is 0 Å². The van der Waals surface area contributed by atoms with Crippen molar-refractivity contribution in [2.24, 2.45) is 0 Å². The zero-order valence-electron chi connectivity index (χ0n) is 19.6. The molecular weight excluding hydrogens is 427 g/mol. The molecule has 172 valence electrons. The van der Waals surface area contributed by atoms with Gasteiger partial charge in [0.15, 0.2) is 0 Å². The van der Waals surface area contributed by atoms with E-state index >= 15 is 0 Å². The fourth-order valence-corrected chi connectivity index (χ4v) is 5.44. The highest BCUT2D eigenvalue weighted by molar-refractivity contribution is 7.17. The first kappa shape index (κ1) is 24.4. The molecule has 0 fully saturated rings. The minimum atomic E-state index is -1.68. The lowest BCUT2D eigenvalue weighted by molar-refractivity contribution is 0.00693. The van der Waals surface area contributed by atoms with Crippen molar-refractivity contribution in [3.8, 4) is 0 Å². The van der Waals surface area contributed by atoms with E-state index < -0.39 is 30.1 Å². The van der Waals surface area contributed by atoms with E-state index in [1.165, 1.54) is 23.5 Å². The Morgan fingerprint density at radius 1 is 1.19 bits per heavy atom. The van der Waals surface area contributed by atoms with Crippen LogP contribution in [-0.2, 0) is 16.7 Å². The summed E-state index contributed by atoms with van der Waals surface area (Å²) in [6.07, 6.45) is 0.610. The summed E-state index contributed by atoms with van der Waals surface area (Å²) in [5.74, 6) is -0.917. The number of nitrogens with one attached hydrogen (secondary N) is 2. The van der Waals surface area contributed by atoms with Crippen LogP contribution in [0, 0.1) is 0 Å². The number of fused-ring (bicyclic) bond motifs is 1. The van der Waals surface area contributed by atoms with E-state index in [2.05, 4.69) is 38.3 Å².